The molecule has 2 N–H and O–H groups in total. The fourth-order valence-corrected chi connectivity index (χ4v) is 3.96. The fraction of sp³-hybridized carbons (Fsp3) is 0.875. The molecule has 1 unspecified atom stereocenters. The second-order valence-corrected chi connectivity index (χ2v) is 7.10. The van der Waals surface area contributed by atoms with Crippen LogP contribution in [0, 0.1) is 5.41 Å². The van der Waals surface area contributed by atoms with E-state index in [1.807, 2.05) is 0 Å². The first-order valence-corrected chi connectivity index (χ1v) is 8.36. The van der Waals surface area contributed by atoms with E-state index in [4.69, 9.17) is 0 Å². The largest absolute Gasteiger partial charge is 0.481 e. The van der Waals surface area contributed by atoms with Crippen LogP contribution in [0.5, 0.6) is 0 Å². The van der Waals surface area contributed by atoms with Crippen molar-refractivity contribution in [1.82, 2.24) is 10.2 Å². The second-order valence-electron chi connectivity index (χ2n) is 7.10. The molecular formula is C16H26N2O3. The quantitative estimate of drug-likeness (QED) is 0.810. The Bertz CT molecular complexity index is 414. The molecule has 118 valence electrons. The lowest BCUT2D eigenvalue weighted by Gasteiger charge is -2.32. The van der Waals surface area contributed by atoms with Crippen LogP contribution in [-0.4, -0.2) is 47.1 Å². The molecule has 1 heterocycles. The molecular weight excluding hydrogens is 268 g/mol. The number of carbonyl (C=O) groups excluding carboxylic acids is 1. The van der Waals surface area contributed by atoms with Gasteiger partial charge in [0.05, 0.1) is 5.41 Å². The van der Waals surface area contributed by atoms with Crippen molar-refractivity contribution in [2.45, 2.75) is 69.9 Å². The molecule has 1 saturated heterocycles. The smallest absolute Gasteiger partial charge is 0.310 e. The standard InChI is InChI=1S/C16H26N2O3/c19-14(10-16(15(20)21)7-2-1-3-8-16)17-12-6-9-18(11-12)13-4-5-13/h12-13H,1-11H2,(H,17,19)(H,20,21). The molecule has 1 aliphatic heterocycles. The summed E-state index contributed by atoms with van der Waals surface area (Å²) in [5.74, 6) is -0.856. The summed E-state index contributed by atoms with van der Waals surface area (Å²) in [6.07, 6.45) is 7.99. The molecule has 1 atom stereocenters. The lowest BCUT2D eigenvalue weighted by atomic mass is 9.71. The van der Waals surface area contributed by atoms with E-state index in [-0.39, 0.29) is 18.4 Å². The predicted molar refractivity (Wildman–Crippen MR) is 78.9 cm³/mol. The first-order chi connectivity index (χ1) is 10.1. The average molecular weight is 294 g/mol. The minimum atomic E-state index is -0.808. The van der Waals surface area contributed by atoms with Gasteiger partial charge in [-0.2, -0.15) is 0 Å². The van der Waals surface area contributed by atoms with Crippen molar-refractivity contribution in [2.24, 2.45) is 5.41 Å². The van der Waals surface area contributed by atoms with Gasteiger partial charge in [-0.05, 0) is 32.1 Å². The topological polar surface area (TPSA) is 69.6 Å². The first-order valence-electron chi connectivity index (χ1n) is 8.36. The van der Waals surface area contributed by atoms with Crippen LogP contribution in [0.3, 0.4) is 0 Å². The number of carboxylic acids is 1. The van der Waals surface area contributed by atoms with E-state index in [2.05, 4.69) is 10.2 Å². The van der Waals surface area contributed by atoms with E-state index in [1.165, 1.54) is 12.8 Å². The normalized spacial score (nSPS) is 29.2. The number of amides is 1. The van der Waals surface area contributed by atoms with E-state index in [0.29, 0.717) is 12.8 Å². The van der Waals surface area contributed by atoms with Crippen molar-refractivity contribution in [3.05, 3.63) is 0 Å². The van der Waals surface area contributed by atoms with E-state index >= 15 is 0 Å². The highest BCUT2D eigenvalue weighted by atomic mass is 16.4. The van der Waals surface area contributed by atoms with Crippen molar-refractivity contribution in [3.8, 4) is 0 Å². The minimum absolute atomic E-state index is 0.0676. The molecule has 0 aromatic heterocycles. The highest BCUT2D eigenvalue weighted by Gasteiger charge is 2.42. The maximum atomic E-state index is 12.3. The summed E-state index contributed by atoms with van der Waals surface area (Å²) in [5.41, 5.74) is -0.808. The molecule has 0 bridgehead atoms. The molecule has 3 fully saturated rings. The molecule has 0 aromatic rings. The maximum Gasteiger partial charge on any atom is 0.310 e. The van der Waals surface area contributed by atoms with Crippen molar-refractivity contribution < 1.29 is 14.7 Å². The summed E-state index contributed by atoms with van der Waals surface area (Å²) in [6, 6.07) is 0.961. The van der Waals surface area contributed by atoms with Crippen molar-refractivity contribution in [3.63, 3.8) is 0 Å². The van der Waals surface area contributed by atoms with Gasteiger partial charge in [0.15, 0.2) is 0 Å². The Labute approximate surface area is 126 Å². The van der Waals surface area contributed by atoms with Gasteiger partial charge in [-0.1, -0.05) is 19.3 Å². The predicted octanol–water partition coefficient (Wildman–Crippen LogP) is 1.76. The molecule has 1 amide bonds. The Morgan fingerprint density at radius 2 is 1.86 bits per heavy atom. The Hall–Kier alpha value is -1.10. The first kappa shape index (κ1) is 14.8. The van der Waals surface area contributed by atoms with Crippen molar-refractivity contribution in [2.75, 3.05) is 13.1 Å². The molecule has 0 aromatic carbocycles. The number of nitrogens with zero attached hydrogens (tertiary/aromatic N) is 1. The van der Waals surface area contributed by atoms with Gasteiger partial charge < -0.3 is 10.4 Å². The van der Waals surface area contributed by atoms with Gasteiger partial charge >= 0.3 is 5.97 Å². The van der Waals surface area contributed by atoms with Crippen LogP contribution in [0.15, 0.2) is 0 Å². The third kappa shape index (κ3) is 3.39. The Balaban J connectivity index is 1.51. The zero-order valence-corrected chi connectivity index (χ0v) is 12.6. The minimum Gasteiger partial charge on any atom is -0.481 e. The number of rotatable bonds is 5. The summed E-state index contributed by atoms with van der Waals surface area (Å²) in [6.45, 7) is 2.01. The van der Waals surface area contributed by atoms with Gasteiger partial charge in [-0.25, -0.2) is 0 Å². The molecule has 2 saturated carbocycles. The van der Waals surface area contributed by atoms with Crippen LogP contribution in [0.1, 0.15) is 57.8 Å². The Morgan fingerprint density at radius 1 is 1.14 bits per heavy atom. The molecule has 0 spiro atoms. The number of nitrogens with one attached hydrogen (secondary N) is 1. The van der Waals surface area contributed by atoms with E-state index in [0.717, 1.165) is 44.8 Å². The summed E-state index contributed by atoms with van der Waals surface area (Å²) in [5, 5.41) is 12.6. The zero-order chi connectivity index (χ0) is 14.9. The highest BCUT2D eigenvalue weighted by molar-refractivity contribution is 5.85. The molecule has 3 aliphatic rings. The Morgan fingerprint density at radius 3 is 2.48 bits per heavy atom. The van der Waals surface area contributed by atoms with Crippen LogP contribution < -0.4 is 5.32 Å². The van der Waals surface area contributed by atoms with Gasteiger partial charge in [0.2, 0.25) is 5.91 Å². The summed E-state index contributed by atoms with van der Waals surface area (Å²) < 4.78 is 0. The lowest BCUT2D eigenvalue weighted by Crippen LogP contribution is -2.43. The molecule has 0 radical (unpaired) electrons. The highest BCUT2D eigenvalue weighted by Crippen LogP contribution is 2.39. The number of carboxylic acid groups (broad SMARTS) is 1. The number of hydrogen-bond acceptors (Lipinski definition) is 3. The number of hydrogen-bond donors (Lipinski definition) is 2. The van der Waals surface area contributed by atoms with E-state index in [1.54, 1.807) is 0 Å². The van der Waals surface area contributed by atoms with Crippen LogP contribution in [-0.2, 0) is 9.59 Å². The van der Waals surface area contributed by atoms with E-state index in [9.17, 15) is 14.7 Å². The number of carbonyl (C=O) groups is 2. The van der Waals surface area contributed by atoms with Crippen LogP contribution in [0.2, 0.25) is 0 Å². The lowest BCUT2D eigenvalue weighted by molar-refractivity contribution is -0.154. The molecule has 5 heteroatoms. The monoisotopic (exact) mass is 294 g/mol. The summed E-state index contributed by atoms with van der Waals surface area (Å²) in [7, 11) is 0. The van der Waals surface area contributed by atoms with Crippen LogP contribution in [0.25, 0.3) is 0 Å². The number of likely N-dealkylation sites (tertiary alicyclic amines) is 1. The van der Waals surface area contributed by atoms with Crippen molar-refractivity contribution >= 4 is 11.9 Å². The maximum absolute atomic E-state index is 12.3. The molecule has 21 heavy (non-hydrogen) atoms. The average Bonchev–Trinajstić information content (AvgIpc) is 3.20. The third-order valence-electron chi connectivity index (χ3n) is 5.41. The Kier molecular flexibility index (Phi) is 4.20. The van der Waals surface area contributed by atoms with Crippen LogP contribution >= 0.6 is 0 Å². The van der Waals surface area contributed by atoms with Crippen LogP contribution in [0.4, 0.5) is 0 Å². The van der Waals surface area contributed by atoms with Gasteiger partial charge in [-0.15, -0.1) is 0 Å². The van der Waals surface area contributed by atoms with Gasteiger partial charge in [0, 0.05) is 31.6 Å². The fourth-order valence-electron chi connectivity index (χ4n) is 3.96. The second kappa shape index (κ2) is 5.95. The van der Waals surface area contributed by atoms with Gasteiger partial charge in [-0.3, -0.25) is 14.5 Å². The molecule has 2 aliphatic carbocycles. The molecule has 5 nitrogen and oxygen atoms in total. The number of aliphatic carboxylic acids is 1. The summed E-state index contributed by atoms with van der Waals surface area (Å²) in [4.78, 5) is 26.3. The molecule has 3 rings (SSSR count). The van der Waals surface area contributed by atoms with Gasteiger partial charge in [0.25, 0.3) is 0 Å². The SMILES string of the molecule is O=C(CC1(C(=O)O)CCCCC1)NC1CCN(C2CC2)C1. The summed E-state index contributed by atoms with van der Waals surface area (Å²) >= 11 is 0. The van der Waals surface area contributed by atoms with E-state index < -0.39 is 11.4 Å². The van der Waals surface area contributed by atoms with Crippen molar-refractivity contribution in [1.29, 1.82) is 0 Å². The zero-order valence-electron chi connectivity index (χ0n) is 12.6. The van der Waals surface area contributed by atoms with Gasteiger partial charge in [0.1, 0.15) is 0 Å². The third-order valence-corrected chi connectivity index (χ3v) is 5.41.